The van der Waals surface area contributed by atoms with Gasteiger partial charge in [-0.3, -0.25) is 0 Å². The minimum absolute atomic E-state index is 0.0699. The molecule has 4 heteroatoms. The third-order valence-corrected chi connectivity index (χ3v) is 3.66. The lowest BCUT2D eigenvalue weighted by atomic mass is 9.96. The number of aliphatic hydroxyl groups excluding tert-OH is 2. The van der Waals surface area contributed by atoms with E-state index in [1.165, 1.54) is 0 Å². The Bertz CT molecular complexity index is 637. The molecule has 2 aromatic rings. The van der Waals surface area contributed by atoms with Crippen molar-refractivity contribution in [3.8, 4) is 22.6 Å². The summed E-state index contributed by atoms with van der Waals surface area (Å²) in [5.41, 5.74) is 3.15. The highest BCUT2D eigenvalue weighted by molar-refractivity contribution is 5.72. The van der Waals surface area contributed by atoms with Crippen LogP contribution in [0.5, 0.6) is 11.5 Å². The Hall–Kier alpha value is -2.04. The number of aliphatic hydroxyl groups is 2. The lowest BCUT2D eigenvalue weighted by Gasteiger charge is -2.12. The first-order valence-corrected chi connectivity index (χ1v) is 7.48. The topological polar surface area (TPSA) is 80.9 Å². The molecule has 4 nitrogen and oxygen atoms in total. The number of phenols is 2. The van der Waals surface area contributed by atoms with Crippen LogP contribution in [0.1, 0.15) is 24.5 Å². The Morgan fingerprint density at radius 2 is 1.73 bits per heavy atom. The zero-order chi connectivity index (χ0) is 16.1. The molecule has 1 unspecified atom stereocenters. The number of hydrogen-bond acceptors (Lipinski definition) is 4. The van der Waals surface area contributed by atoms with Gasteiger partial charge in [-0.1, -0.05) is 25.5 Å². The van der Waals surface area contributed by atoms with E-state index in [-0.39, 0.29) is 24.5 Å². The van der Waals surface area contributed by atoms with Crippen LogP contribution in [0.4, 0.5) is 0 Å². The Balaban J connectivity index is 2.40. The number of rotatable bonds is 6. The van der Waals surface area contributed by atoms with Gasteiger partial charge in [0.25, 0.3) is 0 Å². The molecule has 0 aromatic heterocycles. The van der Waals surface area contributed by atoms with Gasteiger partial charge in [-0.2, -0.15) is 0 Å². The first-order chi connectivity index (χ1) is 10.5. The van der Waals surface area contributed by atoms with E-state index < -0.39 is 6.10 Å². The molecule has 2 aromatic carbocycles. The molecule has 0 saturated carbocycles. The molecule has 0 aliphatic carbocycles. The maximum atomic E-state index is 10.1. The molecule has 0 bridgehead atoms. The van der Waals surface area contributed by atoms with Gasteiger partial charge in [-0.15, -0.1) is 0 Å². The first kappa shape index (κ1) is 16.3. The van der Waals surface area contributed by atoms with Crippen LogP contribution >= 0.6 is 0 Å². The highest BCUT2D eigenvalue weighted by Gasteiger charge is 2.12. The fourth-order valence-electron chi connectivity index (χ4n) is 2.49. The summed E-state index contributed by atoms with van der Waals surface area (Å²) in [6.45, 7) is 1.74. The second kappa shape index (κ2) is 7.29. The van der Waals surface area contributed by atoms with Gasteiger partial charge < -0.3 is 20.4 Å². The molecule has 0 amide bonds. The summed E-state index contributed by atoms with van der Waals surface area (Å²) in [5, 5.41) is 38.5. The van der Waals surface area contributed by atoms with E-state index in [1.807, 2.05) is 12.1 Å². The van der Waals surface area contributed by atoms with Gasteiger partial charge in [-0.25, -0.2) is 0 Å². The van der Waals surface area contributed by atoms with Crippen LogP contribution in [0.2, 0.25) is 0 Å². The lowest BCUT2D eigenvalue weighted by molar-refractivity contribution is 0.0950. The van der Waals surface area contributed by atoms with E-state index in [2.05, 4.69) is 6.92 Å². The highest BCUT2D eigenvalue weighted by Crippen LogP contribution is 2.33. The number of aromatic hydroxyl groups is 2. The summed E-state index contributed by atoms with van der Waals surface area (Å²) in [7, 11) is 0. The summed E-state index contributed by atoms with van der Waals surface area (Å²) in [5.74, 6) is 0.250. The molecule has 0 saturated heterocycles. The monoisotopic (exact) mass is 302 g/mol. The second-order valence-electron chi connectivity index (χ2n) is 5.49. The molecular formula is C18H22O4. The van der Waals surface area contributed by atoms with Crippen LogP contribution in [0.15, 0.2) is 36.4 Å². The molecule has 0 spiro atoms. The van der Waals surface area contributed by atoms with Crippen molar-refractivity contribution in [1.82, 2.24) is 0 Å². The van der Waals surface area contributed by atoms with Crippen molar-refractivity contribution in [2.75, 3.05) is 6.61 Å². The van der Waals surface area contributed by atoms with E-state index in [0.29, 0.717) is 11.1 Å². The molecule has 0 aliphatic rings. The average Bonchev–Trinajstić information content (AvgIpc) is 2.51. The van der Waals surface area contributed by atoms with Crippen LogP contribution in [0.25, 0.3) is 11.1 Å². The molecule has 1 atom stereocenters. The summed E-state index contributed by atoms with van der Waals surface area (Å²) in [6, 6.07) is 10.5. The van der Waals surface area contributed by atoms with Gasteiger partial charge in [0.05, 0.1) is 12.7 Å². The number of hydrogen-bond donors (Lipinski definition) is 4. The van der Waals surface area contributed by atoms with E-state index >= 15 is 0 Å². The smallest absolute Gasteiger partial charge is 0.123 e. The van der Waals surface area contributed by atoms with Gasteiger partial charge in [0.1, 0.15) is 11.5 Å². The Morgan fingerprint density at radius 1 is 1.00 bits per heavy atom. The average molecular weight is 302 g/mol. The molecule has 22 heavy (non-hydrogen) atoms. The van der Waals surface area contributed by atoms with Crippen molar-refractivity contribution in [3.63, 3.8) is 0 Å². The number of phenolic OH excluding ortho intramolecular Hbond substituents is 2. The molecule has 2 rings (SSSR count). The van der Waals surface area contributed by atoms with Gasteiger partial charge in [0.2, 0.25) is 0 Å². The molecule has 0 heterocycles. The fraction of sp³-hybridized carbons (Fsp3) is 0.333. The quantitative estimate of drug-likeness (QED) is 0.661. The predicted octanol–water partition coefficient (Wildman–Crippen LogP) is 2.61. The summed E-state index contributed by atoms with van der Waals surface area (Å²) in [4.78, 5) is 0. The van der Waals surface area contributed by atoms with Crippen LogP contribution in [0, 0.1) is 0 Å². The molecule has 4 N–H and O–H groups in total. The van der Waals surface area contributed by atoms with E-state index in [1.54, 1.807) is 24.3 Å². The van der Waals surface area contributed by atoms with Crippen LogP contribution in [-0.4, -0.2) is 33.1 Å². The minimum atomic E-state index is -0.916. The van der Waals surface area contributed by atoms with Crippen LogP contribution < -0.4 is 0 Å². The van der Waals surface area contributed by atoms with Crippen molar-refractivity contribution in [1.29, 1.82) is 0 Å². The Labute approximate surface area is 130 Å². The molecule has 0 fully saturated rings. The predicted molar refractivity (Wildman–Crippen MR) is 86.0 cm³/mol. The summed E-state index contributed by atoms with van der Waals surface area (Å²) >= 11 is 0. The standard InChI is InChI=1S/C18H22O4/c1-2-3-12-4-6-18(22)16(8-12)13-5-7-17(21)14(9-13)10-15(20)11-19/h4-9,15,19-22H,2-3,10-11H2,1H3. The highest BCUT2D eigenvalue weighted by atomic mass is 16.3. The summed E-state index contributed by atoms with van der Waals surface area (Å²) in [6.07, 6.45) is 1.20. The largest absolute Gasteiger partial charge is 0.508 e. The Kier molecular flexibility index (Phi) is 5.41. The maximum absolute atomic E-state index is 10.1. The Morgan fingerprint density at radius 3 is 2.41 bits per heavy atom. The van der Waals surface area contributed by atoms with Gasteiger partial charge in [0.15, 0.2) is 0 Å². The van der Waals surface area contributed by atoms with Crippen molar-refractivity contribution >= 4 is 0 Å². The zero-order valence-electron chi connectivity index (χ0n) is 12.7. The van der Waals surface area contributed by atoms with Crippen molar-refractivity contribution in [2.45, 2.75) is 32.3 Å². The normalized spacial score (nSPS) is 12.3. The third-order valence-electron chi connectivity index (χ3n) is 3.66. The maximum Gasteiger partial charge on any atom is 0.123 e. The minimum Gasteiger partial charge on any atom is -0.508 e. The number of benzene rings is 2. The number of aryl methyl sites for hydroxylation is 1. The van der Waals surface area contributed by atoms with Gasteiger partial charge >= 0.3 is 0 Å². The van der Waals surface area contributed by atoms with Crippen molar-refractivity contribution < 1.29 is 20.4 Å². The van der Waals surface area contributed by atoms with Gasteiger partial charge in [0, 0.05) is 12.0 Å². The first-order valence-electron chi connectivity index (χ1n) is 7.48. The summed E-state index contributed by atoms with van der Waals surface area (Å²) < 4.78 is 0. The molecule has 118 valence electrons. The SMILES string of the molecule is CCCc1ccc(O)c(-c2ccc(O)c(CC(O)CO)c2)c1. The van der Waals surface area contributed by atoms with E-state index in [4.69, 9.17) is 5.11 Å². The second-order valence-corrected chi connectivity index (χ2v) is 5.49. The molecule has 0 radical (unpaired) electrons. The van der Waals surface area contributed by atoms with Crippen molar-refractivity contribution in [3.05, 3.63) is 47.5 Å². The third kappa shape index (κ3) is 3.78. The fourth-order valence-corrected chi connectivity index (χ4v) is 2.49. The van der Waals surface area contributed by atoms with Gasteiger partial charge in [-0.05, 0) is 47.4 Å². The van der Waals surface area contributed by atoms with Crippen LogP contribution in [0.3, 0.4) is 0 Å². The van der Waals surface area contributed by atoms with E-state index in [9.17, 15) is 15.3 Å². The molecular weight excluding hydrogens is 280 g/mol. The molecule has 0 aliphatic heterocycles. The van der Waals surface area contributed by atoms with Crippen LogP contribution in [-0.2, 0) is 12.8 Å². The van der Waals surface area contributed by atoms with E-state index in [0.717, 1.165) is 24.0 Å². The lowest BCUT2D eigenvalue weighted by Crippen LogP contribution is -2.15. The zero-order valence-corrected chi connectivity index (χ0v) is 12.7. The van der Waals surface area contributed by atoms with Crippen molar-refractivity contribution in [2.24, 2.45) is 0 Å².